The number of nitrogens with one attached hydrogen (secondary N) is 1. The van der Waals surface area contributed by atoms with Crippen molar-refractivity contribution < 1.29 is 31.9 Å². The zero-order chi connectivity index (χ0) is 31.3. The van der Waals surface area contributed by atoms with Gasteiger partial charge in [0, 0.05) is 23.7 Å². The van der Waals surface area contributed by atoms with Gasteiger partial charge in [-0.15, -0.1) is 0 Å². The van der Waals surface area contributed by atoms with Crippen LogP contribution in [-0.2, 0) is 26.2 Å². The molecule has 44 heavy (non-hydrogen) atoms. The Kier molecular flexibility index (Phi) is 9.95. The molecule has 3 aromatic carbocycles. The first-order chi connectivity index (χ1) is 21.1. The molecular formula is C32H35ClFN3O6S. The van der Waals surface area contributed by atoms with Gasteiger partial charge in [0.25, 0.3) is 10.0 Å². The summed E-state index contributed by atoms with van der Waals surface area (Å²) in [4.78, 5) is 28.8. The van der Waals surface area contributed by atoms with Crippen LogP contribution in [0.3, 0.4) is 0 Å². The number of amides is 2. The van der Waals surface area contributed by atoms with E-state index in [0.717, 1.165) is 48.5 Å². The van der Waals surface area contributed by atoms with Crippen molar-refractivity contribution in [2.75, 3.05) is 24.1 Å². The van der Waals surface area contributed by atoms with Gasteiger partial charge in [-0.1, -0.05) is 49.1 Å². The van der Waals surface area contributed by atoms with E-state index in [2.05, 4.69) is 5.32 Å². The number of rotatable bonds is 10. The normalized spacial score (nSPS) is 15.7. The maximum atomic E-state index is 14.1. The predicted molar refractivity (Wildman–Crippen MR) is 165 cm³/mol. The summed E-state index contributed by atoms with van der Waals surface area (Å²) in [5.74, 6) is -0.869. The highest BCUT2D eigenvalue weighted by Crippen LogP contribution is 2.34. The minimum Gasteiger partial charge on any atom is -0.486 e. The Hall–Kier alpha value is -3.83. The van der Waals surface area contributed by atoms with Crippen molar-refractivity contribution in [3.05, 3.63) is 83.1 Å². The van der Waals surface area contributed by atoms with Crippen LogP contribution in [0.2, 0.25) is 5.02 Å². The van der Waals surface area contributed by atoms with Gasteiger partial charge in [-0.3, -0.25) is 13.9 Å². The molecule has 0 aromatic heterocycles. The summed E-state index contributed by atoms with van der Waals surface area (Å²) in [7, 11) is -4.38. The summed E-state index contributed by atoms with van der Waals surface area (Å²) in [6, 6.07) is 15.1. The number of halogens is 2. The average Bonchev–Trinajstić information content (AvgIpc) is 3.03. The Balaban J connectivity index is 1.48. The highest BCUT2D eigenvalue weighted by atomic mass is 35.5. The zero-order valence-electron chi connectivity index (χ0n) is 24.4. The Morgan fingerprint density at radius 3 is 2.36 bits per heavy atom. The topological polar surface area (TPSA) is 105 Å². The van der Waals surface area contributed by atoms with Gasteiger partial charge in [0.2, 0.25) is 11.8 Å². The molecule has 1 heterocycles. The fourth-order valence-electron chi connectivity index (χ4n) is 5.41. The monoisotopic (exact) mass is 643 g/mol. The lowest BCUT2D eigenvalue weighted by Gasteiger charge is -2.33. The van der Waals surface area contributed by atoms with E-state index in [0.29, 0.717) is 22.9 Å². The van der Waals surface area contributed by atoms with Gasteiger partial charge in [-0.2, -0.15) is 0 Å². The molecule has 1 atom stereocenters. The molecule has 3 aromatic rings. The number of carbonyl (C=O) groups is 2. The van der Waals surface area contributed by atoms with Crippen LogP contribution in [0.5, 0.6) is 11.5 Å². The van der Waals surface area contributed by atoms with Crippen molar-refractivity contribution >= 4 is 39.1 Å². The van der Waals surface area contributed by atoms with Gasteiger partial charge in [-0.05, 0) is 67.8 Å². The molecule has 0 bridgehead atoms. The largest absolute Gasteiger partial charge is 0.486 e. The van der Waals surface area contributed by atoms with Gasteiger partial charge < -0.3 is 19.7 Å². The number of nitrogens with zero attached hydrogens (tertiary/aromatic N) is 2. The fourth-order valence-corrected chi connectivity index (χ4v) is 7.03. The molecular weight excluding hydrogens is 609 g/mol. The predicted octanol–water partition coefficient (Wildman–Crippen LogP) is 5.31. The number of sulfonamides is 1. The van der Waals surface area contributed by atoms with Crippen LogP contribution in [0.25, 0.3) is 0 Å². The van der Waals surface area contributed by atoms with Crippen molar-refractivity contribution in [3.8, 4) is 11.5 Å². The van der Waals surface area contributed by atoms with E-state index in [1.807, 2.05) is 0 Å². The van der Waals surface area contributed by atoms with Gasteiger partial charge >= 0.3 is 0 Å². The minimum absolute atomic E-state index is 0.0160. The van der Waals surface area contributed by atoms with E-state index in [9.17, 15) is 22.4 Å². The maximum Gasteiger partial charge on any atom is 0.264 e. The Morgan fingerprint density at radius 2 is 1.66 bits per heavy atom. The van der Waals surface area contributed by atoms with Crippen molar-refractivity contribution in [1.82, 2.24) is 10.2 Å². The number of fused-ring (bicyclic) bond motifs is 1. The Bertz CT molecular complexity index is 1600. The van der Waals surface area contributed by atoms with E-state index in [1.165, 1.54) is 35.2 Å². The number of hydrogen-bond acceptors (Lipinski definition) is 6. The first-order valence-electron chi connectivity index (χ1n) is 14.6. The highest BCUT2D eigenvalue weighted by Gasteiger charge is 2.34. The average molecular weight is 644 g/mol. The number of ether oxygens (including phenoxy) is 2. The summed E-state index contributed by atoms with van der Waals surface area (Å²) in [6.45, 7) is 1.52. The summed E-state index contributed by atoms with van der Waals surface area (Å²) >= 11 is 6.44. The van der Waals surface area contributed by atoms with Crippen LogP contribution in [0.1, 0.15) is 44.6 Å². The second kappa shape index (κ2) is 13.9. The molecule has 0 radical (unpaired) electrons. The second-order valence-corrected chi connectivity index (χ2v) is 13.2. The molecule has 0 saturated heterocycles. The van der Waals surface area contributed by atoms with Gasteiger partial charge in [-0.25, -0.2) is 12.8 Å². The van der Waals surface area contributed by atoms with Gasteiger partial charge in [0.15, 0.2) is 11.5 Å². The molecule has 2 aliphatic rings. The molecule has 1 fully saturated rings. The maximum absolute atomic E-state index is 14.1. The molecule has 1 unspecified atom stereocenters. The molecule has 2 amide bonds. The number of anilines is 1. The number of hydrogen-bond donors (Lipinski definition) is 1. The lowest BCUT2D eigenvalue weighted by Crippen LogP contribution is -2.53. The van der Waals surface area contributed by atoms with Crippen LogP contribution < -0.4 is 19.1 Å². The first kappa shape index (κ1) is 31.6. The molecule has 1 aliphatic heterocycles. The third-order valence-electron chi connectivity index (χ3n) is 7.91. The molecule has 1 saturated carbocycles. The van der Waals surface area contributed by atoms with E-state index in [1.54, 1.807) is 31.2 Å². The third kappa shape index (κ3) is 7.27. The Labute approximate surface area is 261 Å². The van der Waals surface area contributed by atoms with Crippen LogP contribution >= 0.6 is 11.6 Å². The molecule has 1 N–H and O–H groups in total. The molecule has 5 rings (SSSR count). The van der Waals surface area contributed by atoms with Crippen molar-refractivity contribution in [2.45, 2.75) is 62.6 Å². The van der Waals surface area contributed by atoms with Crippen molar-refractivity contribution in [2.24, 2.45) is 0 Å². The van der Waals surface area contributed by atoms with E-state index in [4.69, 9.17) is 21.1 Å². The molecule has 1 aliphatic carbocycles. The van der Waals surface area contributed by atoms with Crippen LogP contribution in [0, 0.1) is 5.82 Å². The van der Waals surface area contributed by atoms with Crippen LogP contribution in [-0.4, -0.2) is 57.0 Å². The summed E-state index contributed by atoms with van der Waals surface area (Å²) in [6.07, 6.45) is 4.89. The lowest BCUT2D eigenvalue weighted by molar-refractivity contribution is -0.139. The smallest absolute Gasteiger partial charge is 0.264 e. The summed E-state index contributed by atoms with van der Waals surface area (Å²) < 4.78 is 54.1. The second-order valence-electron chi connectivity index (χ2n) is 10.9. The lowest BCUT2D eigenvalue weighted by atomic mass is 9.95. The van der Waals surface area contributed by atoms with Crippen molar-refractivity contribution in [1.29, 1.82) is 0 Å². The molecule has 9 nitrogen and oxygen atoms in total. The molecule has 0 spiro atoms. The fraction of sp³-hybridized carbons (Fsp3) is 0.375. The van der Waals surface area contributed by atoms with E-state index in [-0.39, 0.29) is 41.4 Å². The van der Waals surface area contributed by atoms with Gasteiger partial charge in [0.05, 0.1) is 10.6 Å². The number of carbonyl (C=O) groups excluding carboxylic acids is 2. The third-order valence-corrected chi connectivity index (χ3v) is 10.1. The van der Waals surface area contributed by atoms with Gasteiger partial charge in [0.1, 0.15) is 31.6 Å². The van der Waals surface area contributed by atoms with Crippen LogP contribution in [0.4, 0.5) is 10.1 Å². The Morgan fingerprint density at radius 1 is 0.977 bits per heavy atom. The molecule has 12 heteroatoms. The standard InChI is InChI=1S/C32H35ClFN3O6S/c1-22(32(39)35-25-8-3-2-4-9-25)36(20-23-7-5-6-10-28(23)33)31(38)21-37(26-13-11-24(34)12-14-26)44(40,41)27-15-16-29-30(19-27)43-18-17-42-29/h5-7,10-16,19,22,25H,2-4,8-9,17-18,20-21H2,1H3,(H,35,39). The zero-order valence-corrected chi connectivity index (χ0v) is 26.0. The first-order valence-corrected chi connectivity index (χ1v) is 16.5. The summed E-state index contributed by atoms with van der Waals surface area (Å²) in [5, 5.41) is 3.47. The SMILES string of the molecule is CC(C(=O)NC1CCCCC1)N(Cc1ccccc1Cl)C(=O)CN(c1ccc(F)cc1)S(=O)(=O)c1ccc2c(c1)OCCO2. The van der Waals surface area contributed by atoms with Crippen LogP contribution in [0.15, 0.2) is 71.6 Å². The minimum atomic E-state index is -4.38. The van der Waals surface area contributed by atoms with Crippen molar-refractivity contribution in [3.63, 3.8) is 0 Å². The molecule has 234 valence electrons. The summed E-state index contributed by atoms with van der Waals surface area (Å²) in [5.41, 5.74) is 0.675. The van der Waals surface area contributed by atoms with E-state index >= 15 is 0 Å². The quantitative estimate of drug-likeness (QED) is 0.321. The van der Waals surface area contributed by atoms with E-state index < -0.39 is 34.3 Å². The number of benzene rings is 3. The highest BCUT2D eigenvalue weighted by molar-refractivity contribution is 7.92.